The van der Waals surface area contributed by atoms with Crippen LogP contribution in [0.3, 0.4) is 0 Å². The van der Waals surface area contributed by atoms with E-state index in [1.165, 1.54) is 131 Å². The Balaban J connectivity index is 1.13. The Morgan fingerprint density at radius 1 is 0.469 bits per heavy atom. The highest BCUT2D eigenvalue weighted by atomic mass is 32.1. The third kappa shape index (κ3) is 4.86. The lowest BCUT2D eigenvalue weighted by Gasteiger charge is -2.47. The van der Waals surface area contributed by atoms with Gasteiger partial charge in [-0.1, -0.05) is 166 Å². The number of hydrogen-bond donors (Lipinski definition) is 0. The number of nitrogens with zero attached hydrogens (tertiary/aromatic N) is 2. The van der Waals surface area contributed by atoms with Gasteiger partial charge in [-0.25, -0.2) is 0 Å². The zero-order valence-corrected chi connectivity index (χ0v) is 36.7. The quantitative estimate of drug-likeness (QED) is 0.164. The maximum atomic E-state index is 2.74. The van der Waals surface area contributed by atoms with Gasteiger partial charge >= 0.3 is 6.85 Å². The fraction of sp³-hybridized carbons (Fsp3) is 0.0667. The number of hydrogen-bond acceptors (Lipinski definition) is 3. The van der Waals surface area contributed by atoms with Crippen LogP contribution in [0.4, 0.5) is 28.4 Å². The summed E-state index contributed by atoms with van der Waals surface area (Å²) < 4.78 is 2.62. The van der Waals surface area contributed by atoms with E-state index in [-0.39, 0.29) is 12.3 Å². The molecule has 3 heterocycles. The number of anilines is 5. The molecule has 0 fully saturated rings. The van der Waals surface area contributed by atoms with Crippen molar-refractivity contribution in [1.29, 1.82) is 0 Å². The van der Waals surface area contributed by atoms with Crippen molar-refractivity contribution in [1.82, 2.24) is 0 Å². The molecule has 0 bridgehead atoms. The summed E-state index contributed by atoms with van der Waals surface area (Å²) in [5.74, 6) is 0. The van der Waals surface area contributed by atoms with Gasteiger partial charge in [-0.05, 0) is 121 Å². The van der Waals surface area contributed by atoms with E-state index in [2.05, 4.69) is 225 Å². The van der Waals surface area contributed by atoms with E-state index in [4.69, 9.17) is 0 Å². The molecule has 0 spiro atoms. The number of fused-ring (bicyclic) bond motifs is 14. The fourth-order valence-electron chi connectivity index (χ4n) is 11.8. The van der Waals surface area contributed by atoms with Crippen molar-refractivity contribution in [2.75, 3.05) is 9.71 Å². The first-order valence-electron chi connectivity index (χ1n) is 22.5. The zero-order chi connectivity index (χ0) is 42.4. The van der Waals surface area contributed by atoms with Crippen LogP contribution in [0.5, 0.6) is 0 Å². The van der Waals surface area contributed by atoms with E-state index >= 15 is 0 Å². The normalized spacial score (nSPS) is 14.2. The number of benzene rings is 10. The minimum atomic E-state index is -0.148. The molecule has 11 aromatic rings. The summed E-state index contributed by atoms with van der Waals surface area (Å²) in [4.78, 5) is 5.34. The van der Waals surface area contributed by atoms with Gasteiger partial charge in [-0.2, -0.15) is 0 Å². The van der Waals surface area contributed by atoms with Gasteiger partial charge in [-0.15, -0.1) is 11.3 Å². The van der Waals surface area contributed by atoms with Crippen LogP contribution in [0.25, 0.3) is 75.1 Å². The predicted octanol–water partition coefficient (Wildman–Crippen LogP) is 15.4. The largest absolute Gasteiger partial charge is 0.376 e. The Morgan fingerprint density at radius 3 is 2.05 bits per heavy atom. The van der Waals surface area contributed by atoms with Crippen molar-refractivity contribution in [3.63, 3.8) is 0 Å². The van der Waals surface area contributed by atoms with Crippen molar-refractivity contribution in [3.05, 3.63) is 211 Å². The second-order valence-corrected chi connectivity index (χ2v) is 19.6. The summed E-state index contributed by atoms with van der Waals surface area (Å²) in [5, 5.41) is 7.67. The Labute approximate surface area is 377 Å². The molecular weight excluding hydrogens is 792 g/mol. The lowest BCUT2D eigenvalue weighted by Crippen LogP contribution is -2.61. The molecule has 0 unspecified atom stereocenters. The van der Waals surface area contributed by atoms with Crippen LogP contribution in [0.2, 0.25) is 0 Å². The summed E-state index contributed by atoms with van der Waals surface area (Å²) in [6.07, 6.45) is 0. The van der Waals surface area contributed by atoms with Crippen LogP contribution in [-0.4, -0.2) is 6.85 Å². The Morgan fingerprint density at radius 2 is 1.19 bits per heavy atom. The smallest absolute Gasteiger partial charge is 0.333 e. The van der Waals surface area contributed by atoms with Gasteiger partial charge in [0.2, 0.25) is 0 Å². The van der Waals surface area contributed by atoms with Gasteiger partial charge in [0, 0.05) is 65.0 Å². The van der Waals surface area contributed by atoms with Gasteiger partial charge in [-0.3, -0.25) is 0 Å². The van der Waals surface area contributed by atoms with Crippen molar-refractivity contribution >= 4 is 99.3 Å². The molecule has 1 aliphatic carbocycles. The average Bonchev–Trinajstić information content (AvgIpc) is 3.81. The topological polar surface area (TPSA) is 6.48 Å². The van der Waals surface area contributed by atoms with Crippen LogP contribution in [-0.2, 0) is 5.41 Å². The van der Waals surface area contributed by atoms with E-state index in [1.54, 1.807) is 0 Å². The fourth-order valence-corrected chi connectivity index (χ4v) is 12.9. The highest BCUT2D eigenvalue weighted by molar-refractivity contribution is 7.26. The first-order valence-corrected chi connectivity index (χ1v) is 23.3. The van der Waals surface area contributed by atoms with Crippen molar-refractivity contribution in [3.8, 4) is 33.4 Å². The second-order valence-electron chi connectivity index (χ2n) is 18.5. The average molecular weight is 833 g/mol. The third-order valence-electron chi connectivity index (χ3n) is 14.7. The van der Waals surface area contributed by atoms with Gasteiger partial charge in [0.25, 0.3) is 0 Å². The third-order valence-corrected chi connectivity index (χ3v) is 15.8. The molecule has 0 N–H and O–H groups in total. The van der Waals surface area contributed by atoms with Crippen LogP contribution < -0.4 is 20.6 Å². The van der Waals surface area contributed by atoms with Crippen LogP contribution in [0, 0.1) is 6.92 Å². The molecule has 14 rings (SSSR count). The molecule has 1 aromatic heterocycles. The number of thiophene rings is 1. The van der Waals surface area contributed by atoms with Crippen LogP contribution in [0.1, 0.15) is 30.5 Å². The van der Waals surface area contributed by atoms with Gasteiger partial charge in [0.1, 0.15) is 0 Å². The monoisotopic (exact) mass is 832 g/mol. The van der Waals surface area contributed by atoms with Crippen LogP contribution in [0.15, 0.2) is 194 Å². The number of aryl methyl sites for hydroxylation is 1. The van der Waals surface area contributed by atoms with Crippen molar-refractivity contribution in [2.24, 2.45) is 0 Å². The predicted molar refractivity (Wildman–Crippen MR) is 276 cm³/mol. The van der Waals surface area contributed by atoms with Crippen molar-refractivity contribution < 1.29 is 0 Å². The molecular formula is C60H41BN2S. The summed E-state index contributed by atoms with van der Waals surface area (Å²) >= 11 is 1.90. The second kappa shape index (κ2) is 13.1. The molecule has 2 nitrogen and oxygen atoms in total. The molecule has 0 saturated carbocycles. The summed E-state index contributed by atoms with van der Waals surface area (Å²) in [7, 11) is 0. The maximum Gasteiger partial charge on any atom is 0.333 e. The van der Waals surface area contributed by atoms with Gasteiger partial charge in [0.05, 0.1) is 0 Å². The molecule has 64 heavy (non-hydrogen) atoms. The standard InChI is InChI=1S/C60H41BN2S/c1-36-31-39(37-15-5-4-6-16-37)26-30-52(36)62-53-35-56-48(46-22-12-14-24-55(46)64-56)34-51(53)61-58-54(62)32-40-18-8-9-19-42(40)57(58)47-28-25-38-17-7-10-20-43(38)59(47)63(61)41-27-29-45-44-21-11-13-23-49(44)60(2,3)50(45)33-41/h4-35H,1-3H3. The molecule has 0 atom stereocenters. The molecule has 3 aliphatic rings. The highest BCUT2D eigenvalue weighted by Gasteiger charge is 2.47. The minimum Gasteiger partial charge on any atom is -0.376 e. The molecule has 0 radical (unpaired) electrons. The molecule has 2 aliphatic heterocycles. The van der Waals surface area contributed by atoms with E-state index < -0.39 is 0 Å². The van der Waals surface area contributed by atoms with Crippen molar-refractivity contribution in [2.45, 2.75) is 26.2 Å². The first kappa shape index (κ1) is 36.1. The molecule has 300 valence electrons. The SMILES string of the molecule is Cc1cc(-c2ccccc2)ccc1N1c2cc3sc4ccccc4c3cc2B2c3c1cc1ccccc1c3-c1ccc3ccccc3c1N2c1ccc2c(c1)C(C)(C)c1ccccc1-2. The Kier molecular flexibility index (Phi) is 7.38. The Hall–Kier alpha value is -7.40. The van der Waals surface area contributed by atoms with E-state index in [0.29, 0.717) is 0 Å². The van der Waals surface area contributed by atoms with E-state index in [9.17, 15) is 0 Å². The van der Waals surface area contributed by atoms with E-state index in [0.717, 1.165) is 0 Å². The maximum absolute atomic E-state index is 2.74. The lowest BCUT2D eigenvalue weighted by molar-refractivity contribution is 0.660. The summed E-state index contributed by atoms with van der Waals surface area (Å²) in [6.45, 7) is 6.96. The highest BCUT2D eigenvalue weighted by Crippen LogP contribution is 2.55. The molecule has 4 heteroatoms. The molecule has 0 saturated heterocycles. The van der Waals surface area contributed by atoms with Gasteiger partial charge in [0.15, 0.2) is 0 Å². The minimum absolute atomic E-state index is 0.129. The van der Waals surface area contributed by atoms with Crippen LogP contribution >= 0.6 is 11.3 Å². The molecule has 10 aromatic carbocycles. The zero-order valence-electron chi connectivity index (χ0n) is 35.9. The first-order chi connectivity index (χ1) is 31.4. The Bertz CT molecular complexity index is 3810. The summed E-state index contributed by atoms with van der Waals surface area (Å²) in [6, 6.07) is 73.5. The van der Waals surface area contributed by atoms with Gasteiger partial charge < -0.3 is 9.71 Å². The lowest BCUT2D eigenvalue weighted by atomic mass is 9.43. The molecule has 0 amide bonds. The number of rotatable bonds is 3. The van der Waals surface area contributed by atoms with E-state index in [1.807, 2.05) is 11.3 Å². The summed E-state index contributed by atoms with van der Waals surface area (Å²) in [5.41, 5.74) is 20.4.